The number of rotatable bonds is 7. The summed E-state index contributed by atoms with van der Waals surface area (Å²) >= 11 is 0. The molecular weight excluding hydrogens is 326 g/mol. The molecule has 0 saturated carbocycles. The number of anilines is 1. The highest BCUT2D eigenvalue weighted by molar-refractivity contribution is 5.94. The average molecular weight is 353 g/mol. The Morgan fingerprint density at radius 2 is 2.12 bits per heavy atom. The molecule has 2 aromatic rings. The molecule has 1 aliphatic heterocycles. The van der Waals surface area contributed by atoms with Crippen LogP contribution in [0.1, 0.15) is 42.6 Å². The van der Waals surface area contributed by atoms with Crippen LogP contribution in [-0.2, 0) is 11.3 Å². The standard InChI is InChI=1S/C21H27N3O2/c1-16(2)24(15-17-7-4-3-5-8-17)21(25)18-11-19(13-22-12-18)23-14-20-9-6-10-26-20/h3-5,7-8,11-13,16,20,23H,6,9-10,14-15H2,1-2H3. The molecular formula is C21H27N3O2. The van der Waals surface area contributed by atoms with E-state index < -0.39 is 0 Å². The summed E-state index contributed by atoms with van der Waals surface area (Å²) in [7, 11) is 0. The Hall–Kier alpha value is -2.40. The largest absolute Gasteiger partial charge is 0.381 e. The highest BCUT2D eigenvalue weighted by Gasteiger charge is 2.20. The van der Waals surface area contributed by atoms with Gasteiger partial charge in [0.2, 0.25) is 0 Å². The van der Waals surface area contributed by atoms with Crippen molar-refractivity contribution < 1.29 is 9.53 Å². The van der Waals surface area contributed by atoms with Gasteiger partial charge in [-0.15, -0.1) is 0 Å². The van der Waals surface area contributed by atoms with E-state index in [1.165, 1.54) is 0 Å². The monoisotopic (exact) mass is 353 g/mol. The summed E-state index contributed by atoms with van der Waals surface area (Å²) < 4.78 is 5.63. The molecule has 1 aromatic carbocycles. The van der Waals surface area contributed by atoms with E-state index >= 15 is 0 Å². The summed E-state index contributed by atoms with van der Waals surface area (Å²) in [6.07, 6.45) is 5.84. The minimum atomic E-state index is -0.00267. The first-order valence-electron chi connectivity index (χ1n) is 9.29. The maximum Gasteiger partial charge on any atom is 0.256 e. The van der Waals surface area contributed by atoms with E-state index in [0.29, 0.717) is 12.1 Å². The molecule has 1 unspecified atom stereocenters. The number of hydrogen-bond acceptors (Lipinski definition) is 4. The average Bonchev–Trinajstić information content (AvgIpc) is 3.18. The second-order valence-corrected chi connectivity index (χ2v) is 6.99. The molecule has 138 valence electrons. The molecule has 5 nitrogen and oxygen atoms in total. The topological polar surface area (TPSA) is 54.5 Å². The van der Waals surface area contributed by atoms with E-state index in [0.717, 1.165) is 37.2 Å². The Bertz CT molecular complexity index is 712. The van der Waals surface area contributed by atoms with Crippen molar-refractivity contribution in [1.82, 2.24) is 9.88 Å². The minimum Gasteiger partial charge on any atom is -0.381 e. The van der Waals surface area contributed by atoms with Gasteiger partial charge in [0.25, 0.3) is 5.91 Å². The Labute approximate surface area is 155 Å². The van der Waals surface area contributed by atoms with Crippen molar-refractivity contribution in [3.8, 4) is 0 Å². The SMILES string of the molecule is CC(C)N(Cc1ccccc1)C(=O)c1cncc(NCC2CCCO2)c1. The van der Waals surface area contributed by atoms with Crippen molar-refractivity contribution in [2.75, 3.05) is 18.5 Å². The molecule has 5 heteroatoms. The van der Waals surface area contributed by atoms with Crippen LogP contribution in [0.25, 0.3) is 0 Å². The zero-order chi connectivity index (χ0) is 18.4. The fourth-order valence-corrected chi connectivity index (χ4v) is 3.13. The molecule has 1 aromatic heterocycles. The number of amides is 1. The minimum absolute atomic E-state index is 0.00267. The van der Waals surface area contributed by atoms with Gasteiger partial charge in [-0.05, 0) is 38.3 Å². The van der Waals surface area contributed by atoms with Crippen LogP contribution in [0, 0.1) is 0 Å². The van der Waals surface area contributed by atoms with E-state index in [1.807, 2.05) is 55.1 Å². The molecule has 0 bridgehead atoms. The third kappa shape index (κ3) is 4.82. The highest BCUT2D eigenvalue weighted by Crippen LogP contribution is 2.17. The number of carbonyl (C=O) groups excluding carboxylic acids is 1. The highest BCUT2D eigenvalue weighted by atomic mass is 16.5. The van der Waals surface area contributed by atoms with Crippen LogP contribution in [0.4, 0.5) is 5.69 Å². The number of nitrogens with zero attached hydrogens (tertiary/aromatic N) is 2. The molecule has 3 rings (SSSR count). The molecule has 0 radical (unpaired) electrons. The van der Waals surface area contributed by atoms with Gasteiger partial charge in [0, 0.05) is 38.1 Å². The molecule has 1 aliphatic rings. The Kier molecular flexibility index (Phi) is 6.23. The van der Waals surface area contributed by atoms with Crippen molar-refractivity contribution in [2.24, 2.45) is 0 Å². The van der Waals surface area contributed by atoms with Gasteiger partial charge in [-0.3, -0.25) is 9.78 Å². The van der Waals surface area contributed by atoms with E-state index in [-0.39, 0.29) is 18.1 Å². The lowest BCUT2D eigenvalue weighted by atomic mass is 10.1. The summed E-state index contributed by atoms with van der Waals surface area (Å²) in [6.45, 7) is 6.25. The molecule has 1 fully saturated rings. The number of carbonyl (C=O) groups is 1. The summed E-state index contributed by atoms with van der Waals surface area (Å²) in [6, 6.07) is 12.0. The van der Waals surface area contributed by atoms with Gasteiger partial charge < -0.3 is 15.0 Å². The normalized spacial score (nSPS) is 16.7. The van der Waals surface area contributed by atoms with Crippen molar-refractivity contribution in [3.05, 3.63) is 59.9 Å². The van der Waals surface area contributed by atoms with Crippen LogP contribution in [0.5, 0.6) is 0 Å². The second kappa shape index (κ2) is 8.81. The fraction of sp³-hybridized carbons (Fsp3) is 0.429. The van der Waals surface area contributed by atoms with Crippen LogP contribution in [0.3, 0.4) is 0 Å². The van der Waals surface area contributed by atoms with Crippen molar-refractivity contribution in [2.45, 2.75) is 45.4 Å². The van der Waals surface area contributed by atoms with Crippen molar-refractivity contribution >= 4 is 11.6 Å². The van der Waals surface area contributed by atoms with Gasteiger partial charge in [-0.25, -0.2) is 0 Å². The zero-order valence-electron chi connectivity index (χ0n) is 15.5. The molecule has 1 saturated heterocycles. The first kappa shape index (κ1) is 18.4. The summed E-state index contributed by atoms with van der Waals surface area (Å²) in [5.41, 5.74) is 2.58. The zero-order valence-corrected chi connectivity index (χ0v) is 15.5. The lowest BCUT2D eigenvalue weighted by Gasteiger charge is -2.27. The smallest absolute Gasteiger partial charge is 0.256 e. The molecule has 1 amide bonds. The van der Waals surface area contributed by atoms with Crippen LogP contribution in [0.2, 0.25) is 0 Å². The first-order chi connectivity index (χ1) is 12.6. The van der Waals surface area contributed by atoms with Crippen molar-refractivity contribution in [3.63, 3.8) is 0 Å². The summed E-state index contributed by atoms with van der Waals surface area (Å²) in [5, 5.41) is 3.34. The van der Waals surface area contributed by atoms with Gasteiger partial charge in [0.05, 0.1) is 17.4 Å². The predicted octanol–water partition coefficient (Wildman–Crippen LogP) is 3.72. The van der Waals surface area contributed by atoms with Gasteiger partial charge >= 0.3 is 0 Å². The van der Waals surface area contributed by atoms with Gasteiger partial charge in [0.15, 0.2) is 0 Å². The van der Waals surface area contributed by atoms with Gasteiger partial charge in [0.1, 0.15) is 0 Å². The molecule has 26 heavy (non-hydrogen) atoms. The van der Waals surface area contributed by atoms with E-state index in [1.54, 1.807) is 12.4 Å². The van der Waals surface area contributed by atoms with Crippen LogP contribution in [0.15, 0.2) is 48.8 Å². The Balaban J connectivity index is 1.69. The lowest BCUT2D eigenvalue weighted by molar-refractivity contribution is 0.0690. The number of benzene rings is 1. The molecule has 1 N–H and O–H groups in total. The summed E-state index contributed by atoms with van der Waals surface area (Å²) in [5.74, 6) is -0.00267. The third-order valence-electron chi connectivity index (χ3n) is 4.62. The van der Waals surface area contributed by atoms with E-state index in [2.05, 4.69) is 10.3 Å². The van der Waals surface area contributed by atoms with E-state index in [9.17, 15) is 4.79 Å². The quantitative estimate of drug-likeness (QED) is 0.824. The number of aromatic nitrogens is 1. The lowest BCUT2D eigenvalue weighted by Crippen LogP contribution is -2.36. The fourth-order valence-electron chi connectivity index (χ4n) is 3.13. The molecule has 1 atom stereocenters. The summed E-state index contributed by atoms with van der Waals surface area (Å²) in [4.78, 5) is 19.2. The number of ether oxygens (including phenoxy) is 1. The Morgan fingerprint density at radius 3 is 2.81 bits per heavy atom. The molecule has 2 heterocycles. The van der Waals surface area contributed by atoms with Crippen molar-refractivity contribution in [1.29, 1.82) is 0 Å². The van der Waals surface area contributed by atoms with Crippen LogP contribution >= 0.6 is 0 Å². The predicted molar refractivity (Wildman–Crippen MR) is 103 cm³/mol. The van der Waals surface area contributed by atoms with Crippen LogP contribution < -0.4 is 5.32 Å². The maximum atomic E-state index is 13.0. The number of nitrogens with one attached hydrogen (secondary N) is 1. The number of hydrogen-bond donors (Lipinski definition) is 1. The van der Waals surface area contributed by atoms with E-state index in [4.69, 9.17) is 4.74 Å². The van der Waals surface area contributed by atoms with Gasteiger partial charge in [-0.1, -0.05) is 30.3 Å². The van der Waals surface area contributed by atoms with Crippen LogP contribution in [-0.4, -0.2) is 41.1 Å². The molecule has 0 spiro atoms. The third-order valence-corrected chi connectivity index (χ3v) is 4.62. The first-order valence-corrected chi connectivity index (χ1v) is 9.29. The number of pyridine rings is 1. The Morgan fingerprint density at radius 1 is 1.31 bits per heavy atom. The molecule has 0 aliphatic carbocycles. The second-order valence-electron chi connectivity index (χ2n) is 6.99. The maximum absolute atomic E-state index is 13.0. The van der Waals surface area contributed by atoms with Gasteiger partial charge in [-0.2, -0.15) is 0 Å².